The van der Waals surface area contributed by atoms with Crippen LogP contribution in [0.1, 0.15) is 12.6 Å². The third kappa shape index (κ3) is 3.15. The minimum absolute atomic E-state index is 0.0423. The van der Waals surface area contributed by atoms with Crippen molar-refractivity contribution in [3.05, 3.63) is 46.4 Å². The summed E-state index contributed by atoms with van der Waals surface area (Å²) in [5.41, 5.74) is 0.756. The van der Waals surface area contributed by atoms with Gasteiger partial charge in [0.25, 0.3) is 5.56 Å². The summed E-state index contributed by atoms with van der Waals surface area (Å²) in [6.07, 6.45) is 0. The topological polar surface area (TPSA) is 46.8 Å². The fourth-order valence-corrected chi connectivity index (χ4v) is 3.28. The molecule has 1 N–H and O–H groups in total. The lowest BCUT2D eigenvalue weighted by Gasteiger charge is -2.31. The molecule has 0 radical (unpaired) electrons. The van der Waals surface area contributed by atoms with Crippen molar-refractivity contribution in [2.75, 3.05) is 32.7 Å². The quantitative estimate of drug-likeness (QED) is 0.871. The van der Waals surface area contributed by atoms with Gasteiger partial charge in [-0.2, -0.15) is 0 Å². The number of hydrogen-bond donors (Lipinski definition) is 1. The largest absolute Gasteiger partial charge is 0.332 e. The van der Waals surface area contributed by atoms with Gasteiger partial charge in [0.1, 0.15) is 6.54 Å². The van der Waals surface area contributed by atoms with Gasteiger partial charge in [0.05, 0.1) is 32.7 Å². The van der Waals surface area contributed by atoms with E-state index in [9.17, 15) is 9.59 Å². The monoisotopic (exact) mass is 314 g/mol. The molecule has 3 rings (SSSR count). The van der Waals surface area contributed by atoms with Crippen LogP contribution in [-0.2, 0) is 11.3 Å². The maximum absolute atomic E-state index is 12.7. The van der Waals surface area contributed by atoms with Gasteiger partial charge in [-0.25, -0.2) is 0 Å². The number of piperazine rings is 1. The first-order valence-electron chi connectivity index (χ1n) is 8.30. The molecule has 2 aromatic rings. The van der Waals surface area contributed by atoms with E-state index < -0.39 is 0 Å². The van der Waals surface area contributed by atoms with E-state index in [4.69, 9.17) is 0 Å². The van der Waals surface area contributed by atoms with Gasteiger partial charge in [0.15, 0.2) is 0 Å². The van der Waals surface area contributed by atoms with Crippen LogP contribution in [0.5, 0.6) is 0 Å². The molecule has 1 aromatic carbocycles. The lowest BCUT2D eigenvalue weighted by Crippen LogP contribution is -3.14. The van der Waals surface area contributed by atoms with Crippen molar-refractivity contribution < 1.29 is 9.69 Å². The Labute approximate surface area is 136 Å². The predicted octanol–water partition coefficient (Wildman–Crippen LogP) is 0.0569. The Morgan fingerprint density at radius 1 is 1.22 bits per heavy atom. The minimum Gasteiger partial charge on any atom is -0.332 e. The van der Waals surface area contributed by atoms with E-state index in [0.29, 0.717) is 5.39 Å². The van der Waals surface area contributed by atoms with Crippen LogP contribution in [0.15, 0.2) is 35.1 Å². The smallest absolute Gasteiger partial charge is 0.259 e. The first-order valence-corrected chi connectivity index (χ1v) is 8.30. The van der Waals surface area contributed by atoms with Gasteiger partial charge < -0.3 is 14.4 Å². The molecule has 5 heteroatoms. The van der Waals surface area contributed by atoms with E-state index in [0.717, 1.165) is 43.8 Å². The van der Waals surface area contributed by atoms with E-state index in [1.165, 1.54) is 4.90 Å². The summed E-state index contributed by atoms with van der Waals surface area (Å²) < 4.78 is 1.60. The summed E-state index contributed by atoms with van der Waals surface area (Å²) in [6, 6.07) is 9.51. The number of nitrogens with one attached hydrogen (secondary N) is 1. The standard InChI is InChI=1S/C18H23N3O2/c1-3-19-8-10-20(11-9-19)17(22)13-21-14(2)12-15-6-4-5-7-16(15)18(21)23/h4-7,12H,3,8-11,13H2,1-2H3/p+1. The highest BCUT2D eigenvalue weighted by atomic mass is 16.2. The second kappa shape index (κ2) is 6.54. The number of aromatic nitrogens is 1. The Morgan fingerprint density at radius 2 is 1.91 bits per heavy atom. The molecule has 0 atom stereocenters. The summed E-state index contributed by atoms with van der Waals surface area (Å²) >= 11 is 0. The molecule has 23 heavy (non-hydrogen) atoms. The van der Waals surface area contributed by atoms with Crippen LogP contribution in [-0.4, -0.2) is 48.1 Å². The van der Waals surface area contributed by atoms with E-state index in [-0.39, 0.29) is 18.0 Å². The molecule has 0 bridgehead atoms. The molecule has 2 heterocycles. The van der Waals surface area contributed by atoms with Crippen molar-refractivity contribution in [1.29, 1.82) is 0 Å². The Morgan fingerprint density at radius 3 is 2.61 bits per heavy atom. The van der Waals surface area contributed by atoms with Gasteiger partial charge in [-0.1, -0.05) is 18.2 Å². The number of likely N-dealkylation sites (N-methyl/N-ethyl adjacent to an activating group) is 1. The van der Waals surface area contributed by atoms with Gasteiger partial charge in [0.2, 0.25) is 5.91 Å². The maximum Gasteiger partial charge on any atom is 0.259 e. The number of carbonyl (C=O) groups is 1. The number of pyridine rings is 1. The Hall–Kier alpha value is -2.14. The highest BCUT2D eigenvalue weighted by molar-refractivity contribution is 5.82. The zero-order chi connectivity index (χ0) is 16.4. The number of fused-ring (bicyclic) bond motifs is 1. The average Bonchev–Trinajstić information content (AvgIpc) is 2.58. The second-order valence-corrected chi connectivity index (χ2v) is 6.25. The molecule has 1 aromatic heterocycles. The van der Waals surface area contributed by atoms with Crippen LogP contribution in [0.2, 0.25) is 0 Å². The molecular weight excluding hydrogens is 290 g/mol. The first kappa shape index (κ1) is 15.7. The van der Waals surface area contributed by atoms with Crippen molar-refractivity contribution >= 4 is 16.7 Å². The highest BCUT2D eigenvalue weighted by Crippen LogP contribution is 2.11. The minimum atomic E-state index is -0.0771. The van der Waals surface area contributed by atoms with E-state index >= 15 is 0 Å². The number of hydrogen-bond acceptors (Lipinski definition) is 2. The lowest BCUT2D eigenvalue weighted by atomic mass is 10.1. The molecule has 0 spiro atoms. The molecule has 1 amide bonds. The van der Waals surface area contributed by atoms with Crippen LogP contribution in [0, 0.1) is 6.92 Å². The zero-order valence-electron chi connectivity index (χ0n) is 13.8. The molecule has 0 aliphatic carbocycles. The van der Waals surface area contributed by atoms with Crippen LogP contribution >= 0.6 is 0 Å². The SMILES string of the molecule is CC[NH+]1CCN(C(=O)Cn2c(C)cc3ccccc3c2=O)CC1. The molecule has 1 fully saturated rings. The Kier molecular flexibility index (Phi) is 4.48. The average molecular weight is 314 g/mol. The molecule has 1 saturated heterocycles. The third-order valence-corrected chi connectivity index (χ3v) is 4.84. The first-order chi connectivity index (χ1) is 11.1. The number of nitrogens with zero attached hydrogens (tertiary/aromatic N) is 2. The molecule has 0 unspecified atom stereocenters. The summed E-state index contributed by atoms with van der Waals surface area (Å²) in [7, 11) is 0. The van der Waals surface area contributed by atoms with E-state index in [1.807, 2.05) is 42.2 Å². The van der Waals surface area contributed by atoms with Crippen molar-refractivity contribution in [2.24, 2.45) is 0 Å². The summed E-state index contributed by atoms with van der Waals surface area (Å²) in [4.78, 5) is 28.6. The van der Waals surface area contributed by atoms with Crippen LogP contribution in [0.4, 0.5) is 0 Å². The molecule has 0 saturated carbocycles. The number of aryl methyl sites for hydroxylation is 1. The van der Waals surface area contributed by atoms with Crippen LogP contribution in [0.25, 0.3) is 10.8 Å². The molecule has 5 nitrogen and oxygen atoms in total. The van der Waals surface area contributed by atoms with Crippen molar-refractivity contribution in [2.45, 2.75) is 20.4 Å². The number of benzene rings is 1. The second-order valence-electron chi connectivity index (χ2n) is 6.25. The molecule has 1 aliphatic rings. The predicted molar refractivity (Wildman–Crippen MR) is 90.8 cm³/mol. The van der Waals surface area contributed by atoms with Crippen LogP contribution in [0.3, 0.4) is 0 Å². The molecule has 122 valence electrons. The number of carbonyl (C=O) groups excluding carboxylic acids is 1. The molecular formula is C18H24N3O2+. The van der Waals surface area contributed by atoms with Crippen LogP contribution < -0.4 is 10.5 Å². The summed E-state index contributed by atoms with van der Waals surface area (Å²) in [6.45, 7) is 8.85. The fourth-order valence-electron chi connectivity index (χ4n) is 3.28. The van der Waals surface area contributed by atoms with Gasteiger partial charge in [-0.15, -0.1) is 0 Å². The number of quaternary nitrogens is 1. The van der Waals surface area contributed by atoms with Crippen molar-refractivity contribution in [3.8, 4) is 0 Å². The maximum atomic E-state index is 12.7. The van der Waals surface area contributed by atoms with Crippen molar-refractivity contribution in [3.63, 3.8) is 0 Å². The number of rotatable bonds is 3. The van der Waals surface area contributed by atoms with Gasteiger partial charge in [0, 0.05) is 11.1 Å². The van der Waals surface area contributed by atoms with Crippen molar-refractivity contribution in [1.82, 2.24) is 9.47 Å². The van der Waals surface area contributed by atoms with E-state index in [2.05, 4.69) is 6.92 Å². The number of amides is 1. The van der Waals surface area contributed by atoms with E-state index in [1.54, 1.807) is 4.57 Å². The normalized spacial score (nSPS) is 16.0. The Balaban J connectivity index is 1.81. The summed E-state index contributed by atoms with van der Waals surface area (Å²) in [5.74, 6) is 0.0423. The van der Waals surface area contributed by atoms with Gasteiger partial charge in [-0.3, -0.25) is 9.59 Å². The summed E-state index contributed by atoms with van der Waals surface area (Å²) in [5, 5.41) is 1.60. The lowest BCUT2D eigenvalue weighted by molar-refractivity contribution is -0.902. The fraction of sp³-hybridized carbons (Fsp3) is 0.444. The van der Waals surface area contributed by atoms with Gasteiger partial charge >= 0.3 is 0 Å². The zero-order valence-corrected chi connectivity index (χ0v) is 13.8. The molecule has 1 aliphatic heterocycles. The third-order valence-electron chi connectivity index (χ3n) is 4.84. The van der Waals surface area contributed by atoms with Gasteiger partial charge in [-0.05, 0) is 31.4 Å². The Bertz CT molecular complexity index is 773. The highest BCUT2D eigenvalue weighted by Gasteiger charge is 2.23.